The van der Waals surface area contributed by atoms with Crippen LogP contribution in [0.1, 0.15) is 26.4 Å². The summed E-state index contributed by atoms with van der Waals surface area (Å²) in [7, 11) is 0. The zero-order valence-corrected chi connectivity index (χ0v) is 15.3. The number of carbonyl (C=O) groups excluding carboxylic acids is 2. The highest BCUT2D eigenvalue weighted by Crippen LogP contribution is 2.22. The predicted octanol–water partition coefficient (Wildman–Crippen LogP) is 3.30. The Balaban J connectivity index is 1.62. The van der Waals surface area contributed by atoms with E-state index in [2.05, 4.69) is 15.8 Å². The molecule has 0 radical (unpaired) electrons. The molecule has 2 amide bonds. The molecule has 0 unspecified atom stereocenters. The molecular weight excluding hydrogens is 371 g/mol. The first-order chi connectivity index (χ1) is 14.1. The number of nitrogens with one attached hydrogen (secondary N) is 2. The number of fused-ring (bicyclic) bond motifs is 1. The first kappa shape index (κ1) is 18.4. The molecule has 0 aliphatic rings. The third kappa shape index (κ3) is 3.84. The number of nitrogens with zero attached hydrogens (tertiary/aromatic N) is 2. The molecule has 0 fully saturated rings. The van der Waals surface area contributed by atoms with Crippen molar-refractivity contribution < 1.29 is 14.0 Å². The van der Waals surface area contributed by atoms with Gasteiger partial charge in [0.2, 0.25) is 0 Å². The van der Waals surface area contributed by atoms with Gasteiger partial charge in [0, 0.05) is 28.9 Å². The van der Waals surface area contributed by atoms with E-state index < -0.39 is 11.8 Å². The van der Waals surface area contributed by atoms with Crippen molar-refractivity contribution in [3.63, 3.8) is 0 Å². The maximum atomic E-state index is 14.2. The van der Waals surface area contributed by atoms with Gasteiger partial charge in [-0.25, -0.2) is 4.39 Å². The maximum absolute atomic E-state index is 14.2. The van der Waals surface area contributed by atoms with Gasteiger partial charge in [0.25, 0.3) is 11.8 Å². The van der Waals surface area contributed by atoms with Gasteiger partial charge in [0.1, 0.15) is 11.5 Å². The Bertz CT molecular complexity index is 1190. The van der Waals surface area contributed by atoms with Crippen LogP contribution in [0.25, 0.3) is 10.9 Å². The van der Waals surface area contributed by atoms with E-state index in [-0.39, 0.29) is 12.4 Å². The summed E-state index contributed by atoms with van der Waals surface area (Å²) in [6, 6.07) is 18.8. The van der Waals surface area contributed by atoms with Gasteiger partial charge < -0.3 is 4.57 Å². The van der Waals surface area contributed by atoms with E-state index in [1.165, 1.54) is 12.3 Å². The molecule has 144 valence electrons. The molecule has 4 rings (SSSR count). The second-order valence-corrected chi connectivity index (χ2v) is 6.42. The molecule has 0 spiro atoms. The highest BCUT2D eigenvalue weighted by molar-refractivity contribution is 6.01. The number of carbonyl (C=O) groups is 2. The van der Waals surface area contributed by atoms with Crippen LogP contribution in [0, 0.1) is 5.82 Å². The van der Waals surface area contributed by atoms with E-state index in [1.807, 2.05) is 24.3 Å². The highest BCUT2D eigenvalue weighted by atomic mass is 19.1. The maximum Gasteiger partial charge on any atom is 0.286 e. The lowest BCUT2D eigenvalue weighted by Gasteiger charge is -2.12. The van der Waals surface area contributed by atoms with Crippen LogP contribution in [0.5, 0.6) is 0 Å². The minimum absolute atomic E-state index is 0.180. The first-order valence-electron chi connectivity index (χ1n) is 8.96. The van der Waals surface area contributed by atoms with E-state index in [1.54, 1.807) is 47.2 Å². The van der Waals surface area contributed by atoms with Crippen LogP contribution in [0.3, 0.4) is 0 Å². The van der Waals surface area contributed by atoms with Crippen molar-refractivity contribution in [1.82, 2.24) is 20.4 Å². The molecule has 2 aromatic carbocycles. The first-order valence-corrected chi connectivity index (χ1v) is 8.96. The van der Waals surface area contributed by atoms with Gasteiger partial charge in [0.05, 0.1) is 12.1 Å². The third-order valence-corrected chi connectivity index (χ3v) is 4.54. The van der Waals surface area contributed by atoms with Crippen LogP contribution < -0.4 is 10.9 Å². The summed E-state index contributed by atoms with van der Waals surface area (Å²) in [5, 5.41) is 0.840. The van der Waals surface area contributed by atoms with Gasteiger partial charge in [0.15, 0.2) is 0 Å². The van der Waals surface area contributed by atoms with E-state index in [4.69, 9.17) is 0 Å². The van der Waals surface area contributed by atoms with Crippen LogP contribution in [0.4, 0.5) is 4.39 Å². The van der Waals surface area contributed by atoms with Gasteiger partial charge in [-0.05, 0) is 30.3 Å². The number of hydrazine groups is 1. The quantitative estimate of drug-likeness (QED) is 0.527. The molecular formula is C22H17FN4O2. The van der Waals surface area contributed by atoms with Crippen LogP contribution >= 0.6 is 0 Å². The van der Waals surface area contributed by atoms with Crippen LogP contribution in [-0.2, 0) is 6.54 Å². The fourth-order valence-corrected chi connectivity index (χ4v) is 3.11. The molecule has 2 aromatic heterocycles. The summed E-state index contributed by atoms with van der Waals surface area (Å²) in [6.45, 7) is 0.180. The van der Waals surface area contributed by atoms with E-state index in [0.29, 0.717) is 16.8 Å². The fourth-order valence-electron chi connectivity index (χ4n) is 3.11. The molecule has 6 nitrogen and oxygen atoms in total. The van der Waals surface area contributed by atoms with Crippen molar-refractivity contribution >= 4 is 22.7 Å². The zero-order valence-electron chi connectivity index (χ0n) is 15.3. The Kier molecular flexibility index (Phi) is 5.03. The van der Waals surface area contributed by atoms with E-state index >= 15 is 0 Å². The Hall–Kier alpha value is -4.00. The Labute approximate surface area is 166 Å². The summed E-state index contributed by atoms with van der Waals surface area (Å²) in [5.41, 5.74) is 6.67. The largest absolute Gasteiger partial charge is 0.332 e. The second-order valence-electron chi connectivity index (χ2n) is 6.42. The lowest BCUT2D eigenvalue weighted by molar-refractivity contribution is 0.0841. The van der Waals surface area contributed by atoms with E-state index in [9.17, 15) is 14.0 Å². The summed E-state index contributed by atoms with van der Waals surface area (Å²) in [6.07, 6.45) is 2.95. The topological polar surface area (TPSA) is 76.0 Å². The second kappa shape index (κ2) is 7.93. The van der Waals surface area contributed by atoms with Crippen LogP contribution in [0.2, 0.25) is 0 Å². The number of rotatable bonds is 4. The molecule has 2 N–H and O–H groups in total. The van der Waals surface area contributed by atoms with Gasteiger partial charge in [-0.2, -0.15) is 0 Å². The van der Waals surface area contributed by atoms with Crippen molar-refractivity contribution in [2.45, 2.75) is 6.54 Å². The number of halogens is 1. The van der Waals surface area contributed by atoms with Crippen LogP contribution in [0.15, 0.2) is 79.1 Å². The fraction of sp³-hybridized carbons (Fsp3) is 0.0455. The number of pyridine rings is 1. The smallest absolute Gasteiger partial charge is 0.286 e. The Morgan fingerprint density at radius 2 is 1.69 bits per heavy atom. The molecule has 29 heavy (non-hydrogen) atoms. The summed E-state index contributed by atoms with van der Waals surface area (Å²) < 4.78 is 15.9. The Morgan fingerprint density at radius 3 is 2.48 bits per heavy atom. The van der Waals surface area contributed by atoms with Crippen LogP contribution in [-0.4, -0.2) is 21.4 Å². The number of amides is 2. The normalized spacial score (nSPS) is 10.7. The number of hydrogen-bond donors (Lipinski definition) is 2. The average Bonchev–Trinajstić information content (AvgIpc) is 3.12. The van der Waals surface area contributed by atoms with E-state index in [0.717, 1.165) is 10.9 Å². The molecule has 0 bridgehead atoms. The molecule has 0 aliphatic heterocycles. The van der Waals surface area contributed by atoms with Gasteiger partial charge in [-0.1, -0.05) is 36.4 Å². The van der Waals surface area contributed by atoms with Crippen molar-refractivity contribution in [3.8, 4) is 0 Å². The molecule has 0 saturated carbocycles. The molecule has 4 aromatic rings. The Morgan fingerprint density at radius 1 is 0.931 bits per heavy atom. The van der Waals surface area contributed by atoms with Crippen molar-refractivity contribution in [3.05, 3.63) is 102 Å². The highest BCUT2D eigenvalue weighted by Gasteiger charge is 2.17. The minimum atomic E-state index is -0.505. The van der Waals surface area contributed by atoms with Crippen molar-refractivity contribution in [2.75, 3.05) is 0 Å². The summed E-state index contributed by atoms with van der Waals surface area (Å²) in [4.78, 5) is 28.8. The van der Waals surface area contributed by atoms with Crippen molar-refractivity contribution in [1.29, 1.82) is 0 Å². The lowest BCUT2D eigenvalue weighted by atomic mass is 10.2. The summed E-state index contributed by atoms with van der Waals surface area (Å²) in [5.74, 6) is -1.33. The molecule has 0 saturated heterocycles. The average molecular weight is 388 g/mol. The molecule has 0 atom stereocenters. The molecule has 0 aliphatic carbocycles. The minimum Gasteiger partial charge on any atom is -0.332 e. The number of aromatic nitrogens is 2. The monoisotopic (exact) mass is 388 g/mol. The molecule has 7 heteroatoms. The lowest BCUT2D eigenvalue weighted by Crippen LogP contribution is -2.42. The van der Waals surface area contributed by atoms with Gasteiger partial charge in [-0.15, -0.1) is 0 Å². The standard InChI is InChI=1S/C22H17FN4O2/c23-18-9-3-1-7-17(18)14-27-19-10-4-2-6-15(19)12-20(27)22(29)26-25-21(28)16-8-5-11-24-13-16/h1-13H,14H2,(H,25,28)(H,26,29). The zero-order chi connectivity index (χ0) is 20.2. The molecule has 2 heterocycles. The predicted molar refractivity (Wildman–Crippen MR) is 107 cm³/mol. The van der Waals surface area contributed by atoms with Gasteiger partial charge in [-0.3, -0.25) is 25.4 Å². The third-order valence-electron chi connectivity index (χ3n) is 4.54. The number of para-hydroxylation sites is 1. The van der Waals surface area contributed by atoms with Gasteiger partial charge >= 0.3 is 0 Å². The SMILES string of the molecule is O=C(NNC(=O)c1cc2ccccc2n1Cc1ccccc1F)c1cccnc1. The van der Waals surface area contributed by atoms with Crippen molar-refractivity contribution in [2.24, 2.45) is 0 Å². The number of hydrogen-bond acceptors (Lipinski definition) is 3. The number of benzene rings is 2. The summed E-state index contributed by atoms with van der Waals surface area (Å²) >= 11 is 0.